The Hall–Kier alpha value is -3.02. The van der Waals surface area contributed by atoms with Crippen molar-refractivity contribution in [2.45, 2.75) is 53.0 Å². The maximum absolute atomic E-state index is 12.5. The van der Waals surface area contributed by atoms with Crippen LogP contribution in [0.2, 0.25) is 0 Å². The Balaban J connectivity index is 1.58. The first-order chi connectivity index (χ1) is 14.9. The van der Waals surface area contributed by atoms with E-state index in [0.29, 0.717) is 36.3 Å². The van der Waals surface area contributed by atoms with Gasteiger partial charge in [-0.25, -0.2) is 4.79 Å². The van der Waals surface area contributed by atoms with Crippen LogP contribution in [0.3, 0.4) is 0 Å². The van der Waals surface area contributed by atoms with Crippen LogP contribution in [-0.2, 0) is 9.53 Å². The molecule has 1 saturated carbocycles. The maximum Gasteiger partial charge on any atom is 0.331 e. The summed E-state index contributed by atoms with van der Waals surface area (Å²) < 4.78 is 18.7. The molecule has 1 aliphatic rings. The summed E-state index contributed by atoms with van der Waals surface area (Å²) in [5.74, 6) is 0.567. The van der Waals surface area contributed by atoms with Crippen molar-refractivity contribution in [3.8, 4) is 11.5 Å². The van der Waals surface area contributed by atoms with Crippen LogP contribution in [0.1, 0.15) is 66.5 Å². The predicted octanol–water partition coefficient (Wildman–Crippen LogP) is 5.07. The Bertz CT molecular complexity index is 969. The van der Waals surface area contributed by atoms with Gasteiger partial charge in [-0.05, 0) is 69.9 Å². The van der Waals surface area contributed by atoms with Gasteiger partial charge in [0.05, 0.1) is 13.2 Å². The first-order valence-electron chi connectivity index (χ1n) is 10.9. The van der Waals surface area contributed by atoms with Crippen LogP contribution in [0.4, 0.5) is 0 Å². The highest BCUT2D eigenvalue weighted by Crippen LogP contribution is 2.38. The number of ketones is 1. The molecule has 0 radical (unpaired) electrons. The van der Waals surface area contributed by atoms with Gasteiger partial charge < -0.3 is 18.8 Å². The Morgan fingerprint density at radius 2 is 1.87 bits per heavy atom. The smallest absolute Gasteiger partial charge is 0.331 e. The van der Waals surface area contributed by atoms with Crippen LogP contribution in [0.15, 0.2) is 30.3 Å². The summed E-state index contributed by atoms with van der Waals surface area (Å²) in [6.07, 6.45) is 6.17. The van der Waals surface area contributed by atoms with Crippen molar-refractivity contribution in [1.29, 1.82) is 0 Å². The fraction of sp³-hybridized carbons (Fsp3) is 0.440. The molecule has 0 aliphatic heterocycles. The van der Waals surface area contributed by atoms with Gasteiger partial charge in [0.25, 0.3) is 0 Å². The monoisotopic (exact) mass is 425 g/mol. The largest absolute Gasteiger partial charge is 0.490 e. The molecule has 0 bridgehead atoms. The second-order valence-corrected chi connectivity index (χ2v) is 7.74. The van der Waals surface area contributed by atoms with E-state index in [1.807, 2.05) is 52.0 Å². The molecule has 31 heavy (non-hydrogen) atoms. The van der Waals surface area contributed by atoms with Crippen molar-refractivity contribution in [3.63, 3.8) is 0 Å². The van der Waals surface area contributed by atoms with Crippen molar-refractivity contribution in [1.82, 2.24) is 4.57 Å². The number of nitrogens with zero attached hydrogens (tertiary/aromatic N) is 1. The zero-order valence-corrected chi connectivity index (χ0v) is 18.8. The summed E-state index contributed by atoms with van der Waals surface area (Å²) >= 11 is 0. The molecule has 1 aromatic heterocycles. The Labute approximate surface area is 183 Å². The molecule has 0 unspecified atom stereocenters. The number of rotatable bonds is 11. The zero-order chi connectivity index (χ0) is 22.4. The first-order valence-corrected chi connectivity index (χ1v) is 10.9. The number of aryl methyl sites for hydroxylation is 1. The van der Waals surface area contributed by atoms with Gasteiger partial charge in [0.2, 0.25) is 5.78 Å². The molecule has 0 saturated heterocycles. The molecule has 1 heterocycles. The highest BCUT2D eigenvalue weighted by molar-refractivity contribution is 6.00. The first kappa shape index (κ1) is 22.7. The minimum absolute atomic E-state index is 0.183. The van der Waals surface area contributed by atoms with Crippen LogP contribution < -0.4 is 9.47 Å². The van der Waals surface area contributed by atoms with Crippen LogP contribution >= 0.6 is 0 Å². The average Bonchev–Trinajstić information content (AvgIpc) is 3.54. The number of aromatic nitrogens is 1. The average molecular weight is 426 g/mol. The molecule has 1 aromatic carbocycles. The number of ether oxygens (including phenoxy) is 3. The zero-order valence-electron chi connectivity index (χ0n) is 18.8. The van der Waals surface area contributed by atoms with Crippen molar-refractivity contribution >= 4 is 17.8 Å². The second-order valence-electron chi connectivity index (χ2n) is 7.74. The van der Waals surface area contributed by atoms with E-state index in [4.69, 9.17) is 14.2 Å². The lowest BCUT2D eigenvalue weighted by molar-refractivity contribution is -0.136. The fourth-order valence-electron chi connectivity index (χ4n) is 3.61. The van der Waals surface area contributed by atoms with Crippen molar-refractivity contribution in [2.24, 2.45) is 0 Å². The summed E-state index contributed by atoms with van der Waals surface area (Å²) in [5.41, 5.74) is 3.44. The lowest BCUT2D eigenvalue weighted by atomic mass is 10.1. The summed E-state index contributed by atoms with van der Waals surface area (Å²) in [7, 11) is 0. The van der Waals surface area contributed by atoms with Gasteiger partial charge >= 0.3 is 5.97 Å². The van der Waals surface area contributed by atoms with Crippen LogP contribution in [0.25, 0.3) is 6.08 Å². The van der Waals surface area contributed by atoms with Gasteiger partial charge in [-0.15, -0.1) is 0 Å². The number of carbonyl (C=O) groups is 2. The van der Waals surface area contributed by atoms with Gasteiger partial charge in [0, 0.05) is 29.1 Å². The summed E-state index contributed by atoms with van der Waals surface area (Å²) in [4.78, 5) is 24.7. The predicted molar refractivity (Wildman–Crippen MR) is 120 cm³/mol. The molecular formula is C25H31NO5. The third-order valence-corrected chi connectivity index (χ3v) is 5.18. The van der Waals surface area contributed by atoms with Crippen LogP contribution in [0.5, 0.6) is 11.5 Å². The van der Waals surface area contributed by atoms with E-state index in [0.717, 1.165) is 36.2 Å². The molecule has 3 rings (SSSR count). The number of Topliss-reactive ketones (excluding diaryl/α,β-unsaturated/α-hetero) is 1. The van der Waals surface area contributed by atoms with E-state index in [1.54, 1.807) is 6.08 Å². The minimum atomic E-state index is -0.561. The molecule has 2 aromatic rings. The van der Waals surface area contributed by atoms with Crippen LogP contribution in [-0.4, -0.2) is 36.1 Å². The molecule has 166 valence electrons. The number of esters is 1. The third kappa shape index (κ3) is 5.78. The second kappa shape index (κ2) is 10.3. The maximum atomic E-state index is 12.5. The lowest BCUT2D eigenvalue weighted by Crippen LogP contribution is -2.13. The molecule has 1 aliphatic carbocycles. The van der Waals surface area contributed by atoms with E-state index in [1.165, 1.54) is 6.08 Å². The quantitative estimate of drug-likeness (QED) is 0.286. The van der Waals surface area contributed by atoms with E-state index < -0.39 is 5.97 Å². The topological polar surface area (TPSA) is 66.8 Å². The Morgan fingerprint density at radius 3 is 2.55 bits per heavy atom. The van der Waals surface area contributed by atoms with Crippen molar-refractivity contribution < 1.29 is 23.8 Å². The normalized spacial score (nSPS) is 13.4. The SMILES string of the molecule is CCCOc1ccc(/C=C/C(=O)OCC(=O)c2cc(C)n(C3CC3)c2C)cc1OCC. The standard InChI is InChI=1S/C25H31NO5/c1-5-13-30-23-11-7-19(15-24(23)29-6-2)8-12-25(28)31-16-22(27)21-14-17(3)26(18(21)4)20-9-10-20/h7-8,11-12,14-15,20H,5-6,9-10,13,16H2,1-4H3/b12-8+. The number of carbonyl (C=O) groups excluding carboxylic acids is 2. The lowest BCUT2D eigenvalue weighted by Gasteiger charge is -2.12. The van der Waals surface area contributed by atoms with Crippen LogP contribution in [0, 0.1) is 13.8 Å². The molecule has 0 N–H and O–H groups in total. The highest BCUT2D eigenvalue weighted by atomic mass is 16.5. The molecular weight excluding hydrogens is 394 g/mol. The van der Waals surface area contributed by atoms with Gasteiger partial charge in [-0.3, -0.25) is 4.79 Å². The third-order valence-electron chi connectivity index (χ3n) is 5.18. The van der Waals surface area contributed by atoms with Gasteiger partial charge in [-0.2, -0.15) is 0 Å². The Kier molecular flexibility index (Phi) is 7.55. The minimum Gasteiger partial charge on any atom is -0.490 e. The van der Waals surface area contributed by atoms with E-state index in [9.17, 15) is 9.59 Å². The molecule has 1 fully saturated rings. The summed E-state index contributed by atoms with van der Waals surface area (Å²) in [5, 5.41) is 0. The van der Waals surface area contributed by atoms with Gasteiger partial charge in [0.1, 0.15) is 0 Å². The van der Waals surface area contributed by atoms with Crippen molar-refractivity contribution in [3.05, 3.63) is 52.9 Å². The van der Waals surface area contributed by atoms with Gasteiger partial charge in [-0.1, -0.05) is 13.0 Å². The van der Waals surface area contributed by atoms with E-state index in [2.05, 4.69) is 4.57 Å². The Morgan fingerprint density at radius 1 is 1.10 bits per heavy atom. The molecule has 0 atom stereocenters. The fourth-order valence-corrected chi connectivity index (χ4v) is 3.61. The molecule has 6 nitrogen and oxygen atoms in total. The highest BCUT2D eigenvalue weighted by Gasteiger charge is 2.28. The van der Waals surface area contributed by atoms with Gasteiger partial charge in [0.15, 0.2) is 18.1 Å². The number of benzene rings is 1. The summed E-state index contributed by atoms with van der Waals surface area (Å²) in [6, 6.07) is 7.88. The molecule has 6 heteroatoms. The molecule has 0 amide bonds. The summed E-state index contributed by atoms with van der Waals surface area (Å²) in [6.45, 7) is 8.75. The van der Waals surface area contributed by atoms with E-state index >= 15 is 0 Å². The molecule has 0 spiro atoms. The van der Waals surface area contributed by atoms with E-state index in [-0.39, 0.29) is 12.4 Å². The number of hydrogen-bond acceptors (Lipinski definition) is 5. The number of hydrogen-bond donors (Lipinski definition) is 0. The van der Waals surface area contributed by atoms with Crippen molar-refractivity contribution in [2.75, 3.05) is 19.8 Å².